The third-order valence-corrected chi connectivity index (χ3v) is 4.23. The van der Waals surface area contributed by atoms with Crippen molar-refractivity contribution >= 4 is 34.5 Å². The van der Waals surface area contributed by atoms with Crippen molar-refractivity contribution in [2.24, 2.45) is 0 Å². The number of aromatic nitrogens is 4. The number of aromatic amines is 1. The molecule has 0 bridgehead atoms. The highest BCUT2D eigenvalue weighted by Crippen LogP contribution is 2.29. The molecule has 2 aromatic heterocycles. The fourth-order valence-corrected chi connectivity index (χ4v) is 3.46. The summed E-state index contributed by atoms with van der Waals surface area (Å²) in [7, 11) is 0. The van der Waals surface area contributed by atoms with E-state index in [1.807, 2.05) is 29.7 Å². The summed E-state index contributed by atoms with van der Waals surface area (Å²) >= 11 is 7.57. The summed E-state index contributed by atoms with van der Waals surface area (Å²) in [4.78, 5) is 12.8. The van der Waals surface area contributed by atoms with Crippen LogP contribution in [0.3, 0.4) is 0 Å². The highest BCUT2D eigenvalue weighted by Gasteiger charge is 2.10. The molecule has 2 N–H and O–H groups in total. The summed E-state index contributed by atoms with van der Waals surface area (Å²) in [6.45, 7) is 4.28. The maximum Gasteiger partial charge on any atom is 0.173 e. The molecule has 0 atom stereocenters. The zero-order valence-electron chi connectivity index (χ0n) is 12.6. The summed E-state index contributed by atoms with van der Waals surface area (Å²) in [5, 5.41) is 9.33. The molecular formula is C16H14ClN5S. The molecule has 3 aromatic rings. The number of nitrogens with one attached hydrogen (secondary N) is 2. The van der Waals surface area contributed by atoms with Gasteiger partial charge in [-0.2, -0.15) is 0 Å². The van der Waals surface area contributed by atoms with Crippen molar-refractivity contribution < 1.29 is 0 Å². The molecule has 0 aliphatic rings. The Labute approximate surface area is 142 Å². The highest BCUT2D eigenvalue weighted by molar-refractivity contribution is 7.99. The van der Waals surface area contributed by atoms with Crippen molar-refractivity contribution in [1.29, 1.82) is 5.41 Å². The van der Waals surface area contributed by atoms with Crippen molar-refractivity contribution in [2.45, 2.75) is 30.4 Å². The van der Waals surface area contributed by atoms with Crippen LogP contribution in [-0.4, -0.2) is 19.5 Å². The van der Waals surface area contributed by atoms with Crippen LogP contribution in [0.1, 0.15) is 12.5 Å². The van der Waals surface area contributed by atoms with Gasteiger partial charge in [-0.1, -0.05) is 29.3 Å². The van der Waals surface area contributed by atoms with Gasteiger partial charge in [-0.25, -0.2) is 9.97 Å². The molecule has 0 unspecified atom stereocenters. The highest BCUT2D eigenvalue weighted by atomic mass is 35.5. The molecule has 0 fully saturated rings. The second-order valence-corrected chi connectivity index (χ2v) is 6.45. The van der Waals surface area contributed by atoms with Gasteiger partial charge in [-0.05, 0) is 37.6 Å². The van der Waals surface area contributed by atoms with Gasteiger partial charge >= 0.3 is 0 Å². The molecule has 0 spiro atoms. The van der Waals surface area contributed by atoms with Gasteiger partial charge in [0, 0.05) is 9.92 Å². The number of hydrogen-bond donors (Lipinski definition) is 2. The van der Waals surface area contributed by atoms with Crippen LogP contribution in [0.4, 0.5) is 0 Å². The minimum Gasteiger partial charge on any atom is -0.328 e. The quantitative estimate of drug-likeness (QED) is 0.716. The average molecular weight is 344 g/mol. The largest absolute Gasteiger partial charge is 0.328 e. The smallest absolute Gasteiger partial charge is 0.173 e. The normalized spacial score (nSPS) is 10.6. The Kier molecular flexibility index (Phi) is 4.42. The summed E-state index contributed by atoms with van der Waals surface area (Å²) in [6, 6.07) is 5.84. The lowest BCUT2D eigenvalue weighted by Gasteiger charge is -2.01. The van der Waals surface area contributed by atoms with Crippen LogP contribution in [0, 0.1) is 24.2 Å². The molecule has 23 heavy (non-hydrogen) atoms. The van der Waals surface area contributed by atoms with Crippen molar-refractivity contribution in [1.82, 2.24) is 19.5 Å². The van der Waals surface area contributed by atoms with Crippen LogP contribution >= 0.6 is 23.4 Å². The minimum absolute atomic E-state index is 0.169. The molecular weight excluding hydrogens is 330 g/mol. The van der Waals surface area contributed by atoms with Gasteiger partial charge in [-0.3, -0.25) is 5.41 Å². The zero-order valence-corrected chi connectivity index (χ0v) is 14.2. The first-order valence-corrected chi connectivity index (χ1v) is 8.10. The number of fused-ring (bicyclic) bond motifs is 1. The number of benzene rings is 1. The van der Waals surface area contributed by atoms with E-state index in [1.165, 1.54) is 11.8 Å². The molecule has 0 saturated heterocycles. The van der Waals surface area contributed by atoms with Gasteiger partial charge in [0.1, 0.15) is 5.52 Å². The molecule has 0 amide bonds. The van der Waals surface area contributed by atoms with Crippen LogP contribution < -0.4 is 5.49 Å². The molecule has 5 nitrogen and oxygen atoms in total. The van der Waals surface area contributed by atoms with E-state index in [9.17, 15) is 0 Å². The Hall–Kier alpha value is -2.23. The van der Waals surface area contributed by atoms with Crippen LogP contribution in [-0.2, 0) is 6.54 Å². The molecule has 0 radical (unpaired) electrons. The standard InChI is InChI=1S/C16H14ClN5S/c1-3-4-5-22-9-19-14(18)13-15(22)21-16(20-13)23-12-7-10(2)6-11(17)8-12/h6-9,18H,5H2,1-2H3,(H,20,21). The Morgan fingerprint density at radius 1 is 1.39 bits per heavy atom. The van der Waals surface area contributed by atoms with Crippen LogP contribution in [0.15, 0.2) is 34.6 Å². The van der Waals surface area contributed by atoms with E-state index < -0.39 is 0 Å². The summed E-state index contributed by atoms with van der Waals surface area (Å²) in [6.07, 6.45) is 1.59. The number of aryl methyl sites for hydroxylation is 1. The van der Waals surface area contributed by atoms with E-state index in [2.05, 4.69) is 26.8 Å². The Morgan fingerprint density at radius 3 is 2.96 bits per heavy atom. The monoisotopic (exact) mass is 343 g/mol. The molecule has 0 aliphatic heterocycles. The molecule has 2 heterocycles. The second kappa shape index (κ2) is 6.49. The first-order chi connectivity index (χ1) is 11.1. The van der Waals surface area contributed by atoms with Crippen molar-refractivity contribution in [3.8, 4) is 11.8 Å². The summed E-state index contributed by atoms with van der Waals surface area (Å²) in [5.41, 5.74) is 2.54. The molecule has 1 aromatic carbocycles. The summed E-state index contributed by atoms with van der Waals surface area (Å²) in [5.74, 6) is 5.83. The fraction of sp³-hybridized carbons (Fsp3) is 0.188. The number of nitrogens with zero attached hydrogens (tertiary/aromatic N) is 3. The molecule has 0 saturated carbocycles. The Balaban J connectivity index is 2.03. The van der Waals surface area contributed by atoms with Gasteiger partial charge in [0.2, 0.25) is 0 Å². The SMILES string of the molecule is CC#CCn1cnc(=N)c2[nH]c(Sc3cc(C)cc(Cl)c3)nc21. The first-order valence-electron chi connectivity index (χ1n) is 6.91. The third kappa shape index (κ3) is 3.41. The van der Waals surface area contributed by atoms with Gasteiger partial charge in [0.15, 0.2) is 16.3 Å². The Morgan fingerprint density at radius 2 is 2.22 bits per heavy atom. The number of H-pyrrole nitrogens is 1. The zero-order chi connectivity index (χ0) is 16.4. The molecule has 0 aliphatic carbocycles. The van der Waals surface area contributed by atoms with E-state index in [0.29, 0.717) is 27.9 Å². The predicted octanol–water partition coefficient (Wildman–Crippen LogP) is 3.38. The lowest BCUT2D eigenvalue weighted by atomic mass is 10.2. The third-order valence-electron chi connectivity index (χ3n) is 3.15. The van der Waals surface area contributed by atoms with E-state index in [1.54, 1.807) is 13.3 Å². The fourth-order valence-electron chi connectivity index (χ4n) is 2.16. The maximum atomic E-state index is 7.94. The molecule has 7 heteroatoms. The number of rotatable bonds is 3. The van der Waals surface area contributed by atoms with Gasteiger partial charge in [0.25, 0.3) is 0 Å². The van der Waals surface area contributed by atoms with Crippen molar-refractivity contribution in [2.75, 3.05) is 0 Å². The number of imidazole rings is 1. The lowest BCUT2D eigenvalue weighted by molar-refractivity contribution is 0.816. The number of halogens is 1. The number of hydrogen-bond acceptors (Lipinski definition) is 4. The van der Waals surface area contributed by atoms with Crippen LogP contribution in [0.5, 0.6) is 0 Å². The maximum absolute atomic E-state index is 7.94. The van der Waals surface area contributed by atoms with E-state index >= 15 is 0 Å². The lowest BCUT2D eigenvalue weighted by Crippen LogP contribution is -2.12. The van der Waals surface area contributed by atoms with Crippen LogP contribution in [0.25, 0.3) is 11.2 Å². The van der Waals surface area contributed by atoms with Crippen molar-refractivity contribution in [3.05, 3.63) is 40.6 Å². The van der Waals surface area contributed by atoms with Crippen LogP contribution in [0.2, 0.25) is 5.02 Å². The Bertz CT molecular complexity index is 973. The van der Waals surface area contributed by atoms with E-state index in [0.717, 1.165) is 10.5 Å². The first kappa shape index (κ1) is 15.7. The minimum atomic E-state index is 0.169. The predicted molar refractivity (Wildman–Crippen MR) is 91.5 cm³/mol. The van der Waals surface area contributed by atoms with E-state index in [-0.39, 0.29) is 5.49 Å². The van der Waals surface area contributed by atoms with Gasteiger partial charge < -0.3 is 9.55 Å². The van der Waals surface area contributed by atoms with E-state index in [4.69, 9.17) is 17.0 Å². The van der Waals surface area contributed by atoms with Gasteiger partial charge in [-0.15, -0.1) is 5.92 Å². The topological polar surface area (TPSA) is 70.3 Å². The molecule has 3 rings (SSSR count). The van der Waals surface area contributed by atoms with Gasteiger partial charge in [0.05, 0.1) is 12.9 Å². The average Bonchev–Trinajstić information content (AvgIpc) is 2.90. The summed E-state index contributed by atoms with van der Waals surface area (Å²) < 4.78 is 1.83. The second-order valence-electron chi connectivity index (χ2n) is 4.95. The molecule has 116 valence electrons. The van der Waals surface area contributed by atoms with Crippen molar-refractivity contribution in [3.63, 3.8) is 0 Å².